The van der Waals surface area contributed by atoms with Crippen molar-refractivity contribution in [3.05, 3.63) is 94.6 Å². The van der Waals surface area contributed by atoms with Crippen LogP contribution < -0.4 is 15.4 Å². The van der Waals surface area contributed by atoms with Crippen LogP contribution >= 0.6 is 11.3 Å². The van der Waals surface area contributed by atoms with Crippen LogP contribution in [-0.4, -0.2) is 41.9 Å². The summed E-state index contributed by atoms with van der Waals surface area (Å²) in [4.78, 5) is 13.2. The molecule has 0 amide bonds. The van der Waals surface area contributed by atoms with Gasteiger partial charge in [-0.1, -0.05) is 36.4 Å². The molecule has 2 heterocycles. The van der Waals surface area contributed by atoms with Gasteiger partial charge in [0.1, 0.15) is 39.3 Å². The summed E-state index contributed by atoms with van der Waals surface area (Å²) in [6, 6.07) is 18.3. The summed E-state index contributed by atoms with van der Waals surface area (Å²) in [5.74, 6) is 0.113. The fourth-order valence-electron chi connectivity index (χ4n) is 4.12. The number of thiazole rings is 1. The van der Waals surface area contributed by atoms with E-state index < -0.39 is 21.6 Å². The zero-order chi connectivity index (χ0) is 29.7. The molecule has 8 nitrogen and oxygen atoms in total. The molecular formula is C29H26F3N5O3S2. The number of aromatic nitrogens is 3. The molecule has 0 spiro atoms. The highest BCUT2D eigenvalue weighted by Gasteiger charge is 2.35. The molecule has 3 aromatic carbocycles. The Balaban J connectivity index is 1.36. The van der Waals surface area contributed by atoms with Crippen molar-refractivity contribution >= 4 is 43.6 Å². The van der Waals surface area contributed by atoms with Crippen LogP contribution in [0.1, 0.15) is 16.1 Å². The maximum atomic E-state index is 14.0. The van der Waals surface area contributed by atoms with Gasteiger partial charge in [-0.2, -0.15) is 13.2 Å². The lowest BCUT2D eigenvalue weighted by Gasteiger charge is -2.16. The molecular weight excluding hydrogens is 587 g/mol. The summed E-state index contributed by atoms with van der Waals surface area (Å²) in [6.07, 6.45) is -2.10. The van der Waals surface area contributed by atoms with Gasteiger partial charge < -0.3 is 15.4 Å². The van der Waals surface area contributed by atoms with E-state index in [2.05, 4.69) is 25.6 Å². The van der Waals surface area contributed by atoms with Crippen molar-refractivity contribution in [3.8, 4) is 17.0 Å². The van der Waals surface area contributed by atoms with Gasteiger partial charge in [-0.25, -0.2) is 23.4 Å². The van der Waals surface area contributed by atoms with Crippen LogP contribution in [0, 0.1) is 0 Å². The summed E-state index contributed by atoms with van der Waals surface area (Å²) in [7, 11) is -3.05. The van der Waals surface area contributed by atoms with E-state index in [1.807, 2.05) is 23.6 Å². The van der Waals surface area contributed by atoms with Gasteiger partial charge >= 0.3 is 6.18 Å². The minimum Gasteiger partial charge on any atom is -0.488 e. The van der Waals surface area contributed by atoms with Gasteiger partial charge in [0.2, 0.25) is 0 Å². The molecule has 0 atom stereocenters. The smallest absolute Gasteiger partial charge is 0.420 e. The molecule has 2 aromatic heterocycles. The quantitative estimate of drug-likeness (QED) is 0.169. The van der Waals surface area contributed by atoms with E-state index in [1.54, 1.807) is 30.3 Å². The fraction of sp³-hybridized carbons (Fsp3) is 0.207. The van der Waals surface area contributed by atoms with Gasteiger partial charge in [0.25, 0.3) is 0 Å². The Labute approximate surface area is 244 Å². The zero-order valence-corrected chi connectivity index (χ0v) is 24.0. The predicted molar refractivity (Wildman–Crippen MR) is 158 cm³/mol. The zero-order valence-electron chi connectivity index (χ0n) is 22.4. The molecule has 0 bridgehead atoms. The Morgan fingerprint density at radius 1 is 1.00 bits per heavy atom. The normalized spacial score (nSPS) is 12.0. The van der Waals surface area contributed by atoms with E-state index in [1.165, 1.54) is 36.1 Å². The van der Waals surface area contributed by atoms with Crippen LogP contribution in [0.3, 0.4) is 0 Å². The summed E-state index contributed by atoms with van der Waals surface area (Å²) >= 11 is 1.43. The number of halogens is 3. The van der Waals surface area contributed by atoms with E-state index in [0.717, 1.165) is 22.2 Å². The molecule has 5 aromatic rings. The number of anilines is 2. The Morgan fingerprint density at radius 2 is 1.81 bits per heavy atom. The molecule has 0 unspecified atom stereocenters. The first-order chi connectivity index (χ1) is 20.0. The topological polar surface area (TPSA) is 106 Å². The van der Waals surface area contributed by atoms with Crippen LogP contribution in [0.4, 0.5) is 24.7 Å². The van der Waals surface area contributed by atoms with Gasteiger partial charge in [0.05, 0.1) is 22.5 Å². The van der Waals surface area contributed by atoms with Gasteiger partial charge in [0.15, 0.2) is 0 Å². The predicted octanol–water partition coefficient (Wildman–Crippen LogP) is 6.23. The highest BCUT2D eigenvalue weighted by molar-refractivity contribution is 7.90. The molecule has 2 N–H and O–H groups in total. The second-order valence-electron chi connectivity index (χ2n) is 9.50. The highest BCUT2D eigenvalue weighted by Crippen LogP contribution is 2.39. The Kier molecular flexibility index (Phi) is 8.71. The molecule has 0 fully saturated rings. The first kappa shape index (κ1) is 29.4. The molecule has 0 radical (unpaired) electrons. The van der Waals surface area contributed by atoms with E-state index in [9.17, 15) is 21.6 Å². The van der Waals surface area contributed by atoms with Gasteiger partial charge in [-0.05, 0) is 35.9 Å². The first-order valence-corrected chi connectivity index (χ1v) is 15.7. The van der Waals surface area contributed by atoms with E-state index in [4.69, 9.17) is 4.74 Å². The standard InChI is InChI=1S/C29H26F3N5O3S2/c1-42(38,39)12-11-33-15-27-37-25(17-41-27)20-7-9-24-22(13-20)28(35-18-34-24)36-21-8-10-26(23(14-21)29(30,31)32)40-16-19-5-3-2-4-6-19/h2-10,13-14,17-18,33H,11-12,15-16H2,1H3,(H,34,35,36). The minimum atomic E-state index is -4.63. The van der Waals surface area contributed by atoms with Crippen LogP contribution in [-0.2, 0) is 29.2 Å². The Hall–Kier alpha value is -4.07. The number of sulfone groups is 1. The lowest BCUT2D eigenvalue weighted by atomic mass is 10.1. The minimum absolute atomic E-state index is 0.00502. The summed E-state index contributed by atoms with van der Waals surface area (Å²) < 4.78 is 70.0. The monoisotopic (exact) mass is 613 g/mol. The number of nitrogens with zero attached hydrogens (tertiary/aromatic N) is 3. The third-order valence-corrected chi connectivity index (χ3v) is 7.99. The third-order valence-electron chi connectivity index (χ3n) is 6.19. The van der Waals surface area contributed by atoms with Crippen molar-refractivity contribution in [2.75, 3.05) is 23.9 Å². The van der Waals surface area contributed by atoms with Crippen molar-refractivity contribution < 1.29 is 26.3 Å². The number of rotatable bonds is 11. The SMILES string of the molecule is CS(=O)(=O)CCNCc1nc(-c2ccc3ncnc(Nc4ccc(OCc5ccccc5)c(C(F)(F)F)c4)c3c2)cs1. The largest absolute Gasteiger partial charge is 0.488 e. The van der Waals surface area contributed by atoms with Gasteiger partial charge in [-0.15, -0.1) is 11.3 Å². The van der Waals surface area contributed by atoms with Gasteiger partial charge in [0, 0.05) is 41.4 Å². The summed E-state index contributed by atoms with van der Waals surface area (Å²) in [5, 5.41) is 9.36. The highest BCUT2D eigenvalue weighted by atomic mass is 32.2. The third kappa shape index (κ3) is 7.60. The number of hydrogen-bond acceptors (Lipinski definition) is 9. The lowest BCUT2D eigenvalue weighted by molar-refractivity contribution is -0.139. The van der Waals surface area contributed by atoms with Crippen LogP contribution in [0.5, 0.6) is 5.75 Å². The molecule has 0 aliphatic rings. The van der Waals surface area contributed by atoms with Crippen LogP contribution in [0.2, 0.25) is 0 Å². The van der Waals surface area contributed by atoms with Crippen LogP contribution in [0.15, 0.2) is 78.4 Å². The molecule has 42 heavy (non-hydrogen) atoms. The Morgan fingerprint density at radius 3 is 2.57 bits per heavy atom. The van der Waals surface area contributed by atoms with Crippen molar-refractivity contribution in [1.82, 2.24) is 20.3 Å². The van der Waals surface area contributed by atoms with Crippen molar-refractivity contribution in [2.45, 2.75) is 19.3 Å². The number of benzene rings is 3. The molecule has 13 heteroatoms. The summed E-state index contributed by atoms with van der Waals surface area (Å²) in [5.41, 5.74) is 2.13. The molecule has 0 saturated carbocycles. The number of ether oxygens (including phenoxy) is 1. The number of fused-ring (bicyclic) bond motifs is 1. The Bertz CT molecular complexity index is 1800. The molecule has 5 rings (SSSR count). The van der Waals surface area contributed by atoms with E-state index in [-0.39, 0.29) is 23.8 Å². The van der Waals surface area contributed by atoms with Crippen molar-refractivity contribution in [2.24, 2.45) is 0 Å². The van der Waals surface area contributed by atoms with Crippen LogP contribution in [0.25, 0.3) is 22.2 Å². The second-order valence-corrected chi connectivity index (χ2v) is 12.7. The molecule has 218 valence electrons. The average molecular weight is 614 g/mol. The summed E-state index contributed by atoms with van der Waals surface area (Å²) in [6.45, 7) is 0.758. The van der Waals surface area contributed by atoms with E-state index >= 15 is 0 Å². The number of alkyl halides is 3. The van der Waals surface area contributed by atoms with Crippen molar-refractivity contribution in [3.63, 3.8) is 0 Å². The fourth-order valence-corrected chi connectivity index (χ4v) is 5.41. The van der Waals surface area contributed by atoms with Crippen molar-refractivity contribution in [1.29, 1.82) is 0 Å². The molecule has 0 saturated heterocycles. The molecule has 0 aliphatic carbocycles. The number of nitrogens with one attached hydrogen (secondary N) is 2. The van der Waals surface area contributed by atoms with Gasteiger partial charge in [-0.3, -0.25) is 0 Å². The lowest BCUT2D eigenvalue weighted by Crippen LogP contribution is -2.21. The maximum absolute atomic E-state index is 14.0. The average Bonchev–Trinajstić information content (AvgIpc) is 3.43. The first-order valence-electron chi connectivity index (χ1n) is 12.8. The maximum Gasteiger partial charge on any atom is 0.420 e. The second kappa shape index (κ2) is 12.4. The number of hydrogen-bond donors (Lipinski definition) is 2. The molecule has 0 aliphatic heterocycles. The van der Waals surface area contributed by atoms with E-state index in [0.29, 0.717) is 35.5 Å².